The summed E-state index contributed by atoms with van der Waals surface area (Å²) >= 11 is 3.26. The summed E-state index contributed by atoms with van der Waals surface area (Å²) < 4.78 is 75.0. The van der Waals surface area contributed by atoms with Crippen LogP contribution in [0.2, 0.25) is 18.1 Å². The number of rotatable bonds is 12. The first-order valence-electron chi connectivity index (χ1n) is 14.3. The normalized spacial score (nSPS) is 13.2. The fourth-order valence-electron chi connectivity index (χ4n) is 3.85. The van der Waals surface area contributed by atoms with Crippen molar-refractivity contribution in [3.05, 3.63) is 57.8 Å². The minimum absolute atomic E-state index is 0.0369. The summed E-state index contributed by atoms with van der Waals surface area (Å²) in [4.78, 5) is 36.7. The van der Waals surface area contributed by atoms with Crippen LogP contribution in [0.25, 0.3) is 0 Å². The molecule has 0 aliphatic heterocycles. The number of ether oxygens (including phenoxy) is 2. The Bertz CT molecular complexity index is 1390. The van der Waals surface area contributed by atoms with Crippen molar-refractivity contribution < 1.29 is 51.0 Å². The van der Waals surface area contributed by atoms with Crippen molar-refractivity contribution in [2.24, 2.45) is 0 Å². The third kappa shape index (κ3) is 11.3. The molecule has 0 spiro atoms. The van der Waals surface area contributed by atoms with Crippen LogP contribution in [0.5, 0.6) is 5.75 Å². The summed E-state index contributed by atoms with van der Waals surface area (Å²) in [6.07, 6.45) is -6.72. The van der Waals surface area contributed by atoms with E-state index in [-0.39, 0.29) is 39.6 Å². The van der Waals surface area contributed by atoms with Gasteiger partial charge in [-0.05, 0) is 57.0 Å². The highest BCUT2D eigenvalue weighted by Gasteiger charge is 2.46. The zero-order valence-corrected chi connectivity index (χ0v) is 29.7. The molecule has 256 valence electrons. The van der Waals surface area contributed by atoms with Crippen molar-refractivity contribution in [2.75, 3.05) is 18.1 Å². The molecule has 0 saturated carbocycles. The highest BCUT2D eigenvalue weighted by atomic mass is 79.9. The Labute approximate surface area is 275 Å². The second-order valence-corrected chi connectivity index (χ2v) is 18.8. The first-order chi connectivity index (χ1) is 20.9. The van der Waals surface area contributed by atoms with Gasteiger partial charge >= 0.3 is 24.1 Å². The average molecular weight is 738 g/mol. The second-order valence-electron chi connectivity index (χ2n) is 13.2. The molecule has 2 aromatic carbocycles. The van der Waals surface area contributed by atoms with Crippen LogP contribution in [0.1, 0.15) is 52.7 Å². The SMILES string of the molecule is CC(C)(C)OC(=O)N[C@H](CO[Si](C)(C)C(C)(C)C)Cc1c(Br)cc(OCc2ccccc2)c(N(CC(=O)O)C(=O)C(F)(F)F)c1F. The van der Waals surface area contributed by atoms with Gasteiger partial charge in [0, 0.05) is 10.0 Å². The maximum atomic E-state index is 16.6. The van der Waals surface area contributed by atoms with Crippen LogP contribution in [0, 0.1) is 5.82 Å². The molecule has 15 heteroatoms. The van der Waals surface area contributed by atoms with E-state index >= 15 is 4.39 Å². The summed E-state index contributed by atoms with van der Waals surface area (Å²) in [5.74, 6) is -6.27. The van der Waals surface area contributed by atoms with E-state index in [0.29, 0.717) is 5.56 Å². The Hall–Kier alpha value is -3.17. The highest BCUT2D eigenvalue weighted by Crippen LogP contribution is 2.41. The van der Waals surface area contributed by atoms with Crippen LogP contribution in [0.3, 0.4) is 0 Å². The number of carboxylic acid groups (broad SMARTS) is 1. The van der Waals surface area contributed by atoms with Gasteiger partial charge in [0.15, 0.2) is 14.1 Å². The number of hydrogen-bond acceptors (Lipinski definition) is 6. The Kier molecular flexibility index (Phi) is 12.9. The van der Waals surface area contributed by atoms with Crippen molar-refractivity contribution in [1.82, 2.24) is 5.32 Å². The lowest BCUT2D eigenvalue weighted by atomic mass is 10.0. The standard InChI is InChI=1S/C31H41BrF4N2O7Si/c1-29(2,3)45-28(42)37-20(18-44-46(7,8)30(4,5)6)14-21-22(32)15-23(43-17-19-12-10-9-11-13-19)26(25(21)33)38(16-24(39)40)27(41)31(34,35)36/h9-13,15,20H,14,16-18H2,1-8H3,(H,37,42)(H,39,40)/t20-/m0/s1. The fraction of sp³-hybridized carbons (Fsp3) is 0.516. The van der Waals surface area contributed by atoms with Crippen molar-refractivity contribution in [2.45, 2.75) is 90.5 Å². The largest absolute Gasteiger partial charge is 0.487 e. The number of halogens is 5. The third-order valence-electron chi connectivity index (χ3n) is 7.16. The van der Waals surface area contributed by atoms with Crippen LogP contribution >= 0.6 is 15.9 Å². The van der Waals surface area contributed by atoms with Gasteiger partial charge in [-0.2, -0.15) is 13.2 Å². The van der Waals surface area contributed by atoms with Gasteiger partial charge in [0.25, 0.3) is 0 Å². The number of hydrogen-bond donors (Lipinski definition) is 2. The molecule has 0 fully saturated rings. The molecule has 2 aromatic rings. The summed E-state index contributed by atoms with van der Waals surface area (Å²) in [6, 6.07) is 8.63. The predicted molar refractivity (Wildman–Crippen MR) is 171 cm³/mol. The Morgan fingerprint density at radius 2 is 1.63 bits per heavy atom. The van der Waals surface area contributed by atoms with Crippen LogP contribution in [0.15, 0.2) is 40.9 Å². The van der Waals surface area contributed by atoms with E-state index in [1.54, 1.807) is 51.1 Å². The van der Waals surface area contributed by atoms with E-state index in [1.807, 2.05) is 33.9 Å². The molecule has 2 amide bonds. The average Bonchev–Trinajstić information content (AvgIpc) is 2.89. The number of anilines is 1. The molecule has 2 rings (SSSR count). The minimum atomic E-state index is -5.54. The van der Waals surface area contributed by atoms with Gasteiger partial charge in [-0.1, -0.05) is 67.0 Å². The van der Waals surface area contributed by atoms with Gasteiger partial charge in [-0.3, -0.25) is 14.5 Å². The van der Waals surface area contributed by atoms with E-state index in [4.69, 9.17) is 13.9 Å². The molecule has 0 saturated heterocycles. The van der Waals surface area contributed by atoms with Crippen LogP contribution in [-0.2, 0) is 31.8 Å². The number of alkyl halides is 3. The minimum Gasteiger partial charge on any atom is -0.487 e. The van der Waals surface area contributed by atoms with Gasteiger partial charge in [-0.25, -0.2) is 9.18 Å². The molecule has 0 radical (unpaired) electrons. The van der Waals surface area contributed by atoms with E-state index in [2.05, 4.69) is 21.2 Å². The molecule has 2 N–H and O–H groups in total. The molecular formula is C31H41BrF4N2O7Si. The lowest BCUT2D eigenvalue weighted by Crippen LogP contribution is -2.48. The number of amides is 2. The second kappa shape index (κ2) is 15.2. The summed E-state index contributed by atoms with van der Waals surface area (Å²) in [6.45, 7) is 13.0. The number of carboxylic acids is 1. The zero-order chi connectivity index (χ0) is 35.3. The Morgan fingerprint density at radius 3 is 2.13 bits per heavy atom. The molecule has 0 bridgehead atoms. The molecule has 0 aliphatic carbocycles. The van der Waals surface area contributed by atoms with E-state index in [1.165, 1.54) is 0 Å². The molecule has 0 aliphatic rings. The summed E-state index contributed by atoms with van der Waals surface area (Å²) in [5, 5.41) is 11.8. The lowest BCUT2D eigenvalue weighted by Gasteiger charge is -2.37. The van der Waals surface area contributed by atoms with Crippen LogP contribution in [-0.4, -0.2) is 62.4 Å². The molecule has 0 unspecified atom stereocenters. The number of carbonyl (C=O) groups is 3. The van der Waals surface area contributed by atoms with Gasteiger partial charge in [0.1, 0.15) is 30.2 Å². The highest BCUT2D eigenvalue weighted by molar-refractivity contribution is 9.10. The molecule has 1 atom stereocenters. The fourth-order valence-corrected chi connectivity index (χ4v) is 5.44. The first-order valence-corrected chi connectivity index (χ1v) is 18.0. The van der Waals surface area contributed by atoms with E-state index < -0.39 is 67.9 Å². The van der Waals surface area contributed by atoms with Gasteiger partial charge in [-0.15, -0.1) is 0 Å². The van der Waals surface area contributed by atoms with Crippen molar-refractivity contribution in [3.63, 3.8) is 0 Å². The van der Waals surface area contributed by atoms with Crippen LogP contribution in [0.4, 0.5) is 28.0 Å². The number of alkyl carbamates (subject to hydrolysis) is 1. The summed E-state index contributed by atoms with van der Waals surface area (Å²) in [7, 11) is -2.41. The number of carbonyl (C=O) groups excluding carboxylic acids is 2. The number of benzene rings is 2. The third-order valence-corrected chi connectivity index (χ3v) is 12.4. The number of aliphatic carboxylic acids is 1. The zero-order valence-electron chi connectivity index (χ0n) is 27.1. The first kappa shape index (κ1) is 39.0. The van der Waals surface area contributed by atoms with E-state index in [0.717, 1.165) is 6.07 Å². The van der Waals surface area contributed by atoms with Crippen molar-refractivity contribution in [1.29, 1.82) is 0 Å². The summed E-state index contributed by atoms with van der Waals surface area (Å²) in [5.41, 5.74) is -1.57. The number of nitrogens with one attached hydrogen (secondary N) is 1. The van der Waals surface area contributed by atoms with E-state index in [9.17, 15) is 32.7 Å². The maximum absolute atomic E-state index is 16.6. The molecule has 46 heavy (non-hydrogen) atoms. The predicted octanol–water partition coefficient (Wildman–Crippen LogP) is 7.60. The topological polar surface area (TPSA) is 114 Å². The van der Waals surface area contributed by atoms with Gasteiger partial charge < -0.3 is 24.3 Å². The molecule has 9 nitrogen and oxygen atoms in total. The van der Waals surface area contributed by atoms with Crippen LogP contribution < -0.4 is 15.0 Å². The molecule has 0 heterocycles. The quantitative estimate of drug-likeness (QED) is 0.170. The Balaban J connectivity index is 2.69. The molecule has 0 aromatic heterocycles. The Morgan fingerprint density at radius 1 is 1.04 bits per heavy atom. The maximum Gasteiger partial charge on any atom is 0.471 e. The molecular weight excluding hydrogens is 696 g/mol. The van der Waals surface area contributed by atoms with Gasteiger partial charge in [0.05, 0.1) is 12.6 Å². The van der Waals surface area contributed by atoms with Crippen molar-refractivity contribution in [3.8, 4) is 5.75 Å². The number of nitrogens with zero attached hydrogens (tertiary/aromatic N) is 1. The van der Waals surface area contributed by atoms with Crippen molar-refractivity contribution >= 4 is 47.9 Å². The smallest absolute Gasteiger partial charge is 0.471 e. The monoisotopic (exact) mass is 736 g/mol. The van der Waals surface area contributed by atoms with Gasteiger partial charge in [0.2, 0.25) is 0 Å². The lowest BCUT2D eigenvalue weighted by molar-refractivity contribution is -0.171.